The topological polar surface area (TPSA) is 3.24 Å². The smallest absolute Gasteiger partial charge is 0.0394 e. The summed E-state index contributed by atoms with van der Waals surface area (Å²) in [7, 11) is 0.560. The van der Waals surface area contributed by atoms with Crippen molar-refractivity contribution in [1.82, 2.24) is 4.90 Å². The Morgan fingerprint density at radius 3 is 1.19 bits per heavy atom. The summed E-state index contributed by atoms with van der Waals surface area (Å²) in [5.41, 5.74) is 0. The fourth-order valence-electron chi connectivity index (χ4n) is 2.88. The molecule has 128 valence electrons. The average Bonchev–Trinajstić information content (AvgIpc) is 2.58. The number of hydrogen-bond acceptors (Lipinski definition) is 1. The molecule has 0 fully saturated rings. The van der Waals surface area contributed by atoms with Crippen LogP contribution in [0, 0.1) is 0 Å². The molecule has 0 N–H and O–H groups in total. The summed E-state index contributed by atoms with van der Waals surface area (Å²) in [5, 5.41) is 0. The minimum Gasteiger partial charge on any atom is -0.309 e. The first-order valence-electron chi connectivity index (χ1n) is 11.1. The Hall–Kier alpha value is -0.0400. The molecule has 0 rings (SSSR count). The van der Waals surface area contributed by atoms with Crippen LogP contribution in [0.5, 0.6) is 0 Å². The number of rotatable bonds is 17. The average molecular weight is 300 g/mol. The second kappa shape index (κ2) is 18.0. The molecule has 0 amide bonds. The maximum atomic E-state index is 7.26. The van der Waals surface area contributed by atoms with Gasteiger partial charge in [0.2, 0.25) is 0 Å². The Balaban J connectivity index is 3.02. The van der Waals surface area contributed by atoms with Gasteiger partial charge in [0, 0.05) is 2.74 Å². The summed E-state index contributed by atoms with van der Waals surface area (Å²) >= 11 is 0. The predicted molar refractivity (Wildman–Crippen MR) is 98.1 cm³/mol. The van der Waals surface area contributed by atoms with Crippen LogP contribution in [0.25, 0.3) is 0 Å². The highest BCUT2D eigenvalue weighted by atomic mass is 15.0. The van der Waals surface area contributed by atoms with Gasteiger partial charge in [-0.3, -0.25) is 0 Å². The standard InChI is InChI=1S/C20H43N/c1-4-5-6-7-8-9-10-11-12-13-14-15-16-17-18-19-20-21(2)3/h4-20H2,1-3H3/i2D,3D. The van der Waals surface area contributed by atoms with Crippen LogP contribution in [-0.4, -0.2) is 25.5 Å². The summed E-state index contributed by atoms with van der Waals surface area (Å²) in [4.78, 5) is 1.88. The van der Waals surface area contributed by atoms with Crippen LogP contribution in [0.4, 0.5) is 0 Å². The molecule has 0 heterocycles. The van der Waals surface area contributed by atoms with Crippen molar-refractivity contribution in [1.29, 1.82) is 0 Å². The lowest BCUT2D eigenvalue weighted by molar-refractivity contribution is 0.389. The van der Waals surface area contributed by atoms with Gasteiger partial charge in [0.25, 0.3) is 0 Å². The van der Waals surface area contributed by atoms with E-state index in [-0.39, 0.29) is 14.0 Å². The molecule has 0 aliphatic heterocycles. The highest BCUT2D eigenvalue weighted by Crippen LogP contribution is 2.13. The van der Waals surface area contributed by atoms with E-state index < -0.39 is 0 Å². The molecule has 0 saturated carbocycles. The molecule has 0 aromatic rings. The third-order valence-corrected chi connectivity index (χ3v) is 4.33. The molecular weight excluding hydrogens is 254 g/mol. The molecule has 0 spiro atoms. The van der Waals surface area contributed by atoms with Crippen LogP contribution in [-0.2, 0) is 0 Å². The lowest BCUT2D eigenvalue weighted by Crippen LogP contribution is -2.12. The van der Waals surface area contributed by atoms with Crippen LogP contribution in [0.1, 0.15) is 112 Å². The Morgan fingerprint density at radius 1 is 0.524 bits per heavy atom. The third-order valence-electron chi connectivity index (χ3n) is 4.33. The summed E-state index contributed by atoms with van der Waals surface area (Å²) in [5.74, 6) is 0. The largest absolute Gasteiger partial charge is 0.309 e. The van der Waals surface area contributed by atoms with Gasteiger partial charge < -0.3 is 4.90 Å². The highest BCUT2D eigenvalue weighted by Gasteiger charge is 1.95. The molecule has 0 aromatic carbocycles. The lowest BCUT2D eigenvalue weighted by Gasteiger charge is -2.08. The second-order valence-corrected chi connectivity index (χ2v) is 6.70. The van der Waals surface area contributed by atoms with Crippen molar-refractivity contribution in [3.63, 3.8) is 0 Å². The fraction of sp³-hybridized carbons (Fsp3) is 1.00. The van der Waals surface area contributed by atoms with E-state index in [1.54, 1.807) is 0 Å². The van der Waals surface area contributed by atoms with Crippen LogP contribution in [0.2, 0.25) is 0 Å². The van der Waals surface area contributed by atoms with E-state index in [4.69, 9.17) is 2.74 Å². The lowest BCUT2D eigenvalue weighted by atomic mass is 10.0. The van der Waals surface area contributed by atoms with Crippen molar-refractivity contribution in [3.8, 4) is 0 Å². The summed E-state index contributed by atoms with van der Waals surface area (Å²) < 4.78 is 14.5. The zero-order chi connectivity index (χ0) is 17.0. The predicted octanol–water partition coefficient (Wildman–Crippen LogP) is 6.81. The van der Waals surface area contributed by atoms with Gasteiger partial charge in [0.05, 0.1) is 0 Å². The molecule has 0 aromatic heterocycles. The highest BCUT2D eigenvalue weighted by molar-refractivity contribution is 4.50. The third kappa shape index (κ3) is 20.0. The Bertz CT molecular complexity index is 208. The minimum absolute atomic E-state index is 0.280. The molecule has 0 aliphatic rings. The maximum absolute atomic E-state index is 7.26. The first-order valence-corrected chi connectivity index (χ1v) is 9.66. The maximum Gasteiger partial charge on any atom is 0.0394 e. The minimum atomic E-state index is 0.280. The Kier molecular flexibility index (Phi) is 14.9. The molecule has 0 unspecified atom stereocenters. The van der Waals surface area contributed by atoms with Crippen molar-refractivity contribution in [2.24, 2.45) is 0 Å². The molecule has 1 heteroatoms. The van der Waals surface area contributed by atoms with Gasteiger partial charge in [-0.05, 0) is 27.0 Å². The van der Waals surface area contributed by atoms with Crippen LogP contribution in [0.3, 0.4) is 0 Å². The molecular formula is C20H43N. The van der Waals surface area contributed by atoms with E-state index in [1.165, 1.54) is 96.3 Å². The Labute approximate surface area is 138 Å². The molecule has 0 aliphatic carbocycles. The Morgan fingerprint density at radius 2 is 0.857 bits per heavy atom. The number of hydrogen-bond donors (Lipinski definition) is 0. The van der Waals surface area contributed by atoms with Gasteiger partial charge in [-0.1, -0.05) is 103 Å². The van der Waals surface area contributed by atoms with E-state index in [9.17, 15) is 0 Å². The van der Waals surface area contributed by atoms with E-state index >= 15 is 0 Å². The molecule has 21 heavy (non-hydrogen) atoms. The first kappa shape index (κ1) is 17.3. The first-order chi connectivity index (χ1) is 11.3. The van der Waals surface area contributed by atoms with E-state index in [0.29, 0.717) is 0 Å². The van der Waals surface area contributed by atoms with Gasteiger partial charge >= 0.3 is 0 Å². The van der Waals surface area contributed by atoms with Crippen molar-refractivity contribution < 1.29 is 2.74 Å². The SMILES string of the molecule is [2H]CN(C[2H])CCCCCCCCCCCCCCCCCC. The van der Waals surface area contributed by atoms with E-state index in [0.717, 1.165) is 13.0 Å². The zero-order valence-corrected chi connectivity index (χ0v) is 14.9. The molecule has 0 bridgehead atoms. The number of nitrogens with zero attached hydrogens (tertiary/aromatic N) is 1. The molecule has 0 atom stereocenters. The second-order valence-electron chi connectivity index (χ2n) is 6.70. The summed E-state index contributed by atoms with van der Waals surface area (Å²) in [6, 6.07) is 0. The van der Waals surface area contributed by atoms with Gasteiger partial charge in [-0.15, -0.1) is 0 Å². The van der Waals surface area contributed by atoms with Crippen LogP contribution >= 0.6 is 0 Å². The summed E-state index contributed by atoms with van der Waals surface area (Å²) in [6.45, 7) is 3.22. The van der Waals surface area contributed by atoms with Crippen LogP contribution in [0.15, 0.2) is 0 Å². The zero-order valence-electron chi connectivity index (χ0n) is 16.9. The molecule has 0 saturated heterocycles. The van der Waals surface area contributed by atoms with Gasteiger partial charge in [0.1, 0.15) is 0 Å². The number of unbranched alkanes of at least 4 members (excludes halogenated alkanes) is 15. The van der Waals surface area contributed by atoms with Gasteiger partial charge in [-0.2, -0.15) is 0 Å². The van der Waals surface area contributed by atoms with E-state index in [2.05, 4.69) is 6.92 Å². The molecule has 0 radical (unpaired) electrons. The molecule has 1 nitrogen and oxygen atoms in total. The van der Waals surface area contributed by atoms with Crippen molar-refractivity contribution in [2.75, 3.05) is 20.6 Å². The van der Waals surface area contributed by atoms with Crippen molar-refractivity contribution >= 4 is 0 Å². The normalized spacial score (nSPS) is 12.7. The van der Waals surface area contributed by atoms with E-state index in [1.807, 2.05) is 4.90 Å². The summed E-state index contributed by atoms with van der Waals surface area (Å²) in [6.07, 6.45) is 22.3. The fourth-order valence-corrected chi connectivity index (χ4v) is 2.88. The van der Waals surface area contributed by atoms with Gasteiger partial charge in [-0.25, -0.2) is 0 Å². The van der Waals surface area contributed by atoms with Crippen molar-refractivity contribution in [3.05, 3.63) is 0 Å². The van der Waals surface area contributed by atoms with Gasteiger partial charge in [0.15, 0.2) is 0 Å². The van der Waals surface area contributed by atoms with Crippen molar-refractivity contribution in [2.45, 2.75) is 110 Å². The quantitative estimate of drug-likeness (QED) is 0.267. The van der Waals surface area contributed by atoms with Crippen LogP contribution < -0.4 is 0 Å². The monoisotopic (exact) mass is 299 g/mol.